The molecule has 0 bridgehead atoms. The molecular formula is C6H11N. The monoisotopic (exact) mass is 97.1 g/mol. The summed E-state index contributed by atoms with van der Waals surface area (Å²) in [5.41, 5.74) is 0. The summed E-state index contributed by atoms with van der Waals surface area (Å²) in [5.74, 6) is 3.20. The second-order valence-corrected chi connectivity index (χ2v) is 2.85. The second kappa shape index (κ2) is 1.03. The van der Waals surface area contributed by atoms with Crippen LogP contribution in [0.3, 0.4) is 0 Å². The van der Waals surface area contributed by atoms with E-state index < -0.39 is 0 Å². The average Bonchev–Trinajstić information content (AvgIpc) is 2.26. The summed E-state index contributed by atoms with van der Waals surface area (Å²) in [5, 5.41) is 3.35. The van der Waals surface area contributed by atoms with Crippen molar-refractivity contribution < 1.29 is 0 Å². The number of fused-ring (bicyclic) bond motifs is 1. The number of rotatable bonds is 0. The lowest BCUT2D eigenvalue weighted by molar-refractivity contribution is 0.634. The number of hydrogen-bond acceptors (Lipinski definition) is 1. The first-order valence-corrected chi connectivity index (χ1v) is 3.10. The minimum atomic E-state index is 1.06. The molecule has 0 aromatic rings. The third kappa shape index (κ3) is 0.367. The van der Waals surface area contributed by atoms with Crippen molar-refractivity contribution in [2.24, 2.45) is 17.8 Å². The predicted octanol–water partition coefficient (Wildman–Crippen LogP) is 0.472. The lowest BCUT2D eigenvalue weighted by atomic mass is 10.3. The largest absolute Gasteiger partial charge is 0.316 e. The summed E-state index contributed by atoms with van der Waals surface area (Å²) in [6, 6.07) is 0. The molecule has 40 valence electrons. The highest BCUT2D eigenvalue weighted by molar-refractivity contribution is 5.01. The predicted molar refractivity (Wildman–Crippen MR) is 29.0 cm³/mol. The summed E-state index contributed by atoms with van der Waals surface area (Å²) in [6.07, 6.45) is 0. The topological polar surface area (TPSA) is 12.0 Å². The van der Waals surface area contributed by atoms with Gasteiger partial charge in [-0.05, 0) is 30.8 Å². The van der Waals surface area contributed by atoms with Crippen LogP contribution in [0.1, 0.15) is 6.92 Å². The molecule has 2 unspecified atom stereocenters. The molecule has 0 amide bonds. The molecule has 7 heavy (non-hydrogen) atoms. The van der Waals surface area contributed by atoms with Crippen LogP contribution in [-0.2, 0) is 0 Å². The zero-order valence-corrected chi connectivity index (χ0v) is 4.65. The van der Waals surface area contributed by atoms with Gasteiger partial charge in [-0.25, -0.2) is 0 Å². The Morgan fingerprint density at radius 3 is 2.14 bits per heavy atom. The van der Waals surface area contributed by atoms with Crippen LogP contribution < -0.4 is 5.32 Å². The van der Waals surface area contributed by atoms with Gasteiger partial charge >= 0.3 is 0 Å². The molecule has 0 radical (unpaired) electrons. The van der Waals surface area contributed by atoms with Gasteiger partial charge in [0.1, 0.15) is 0 Å². The first-order chi connectivity index (χ1) is 3.39. The van der Waals surface area contributed by atoms with E-state index in [9.17, 15) is 0 Å². The molecule has 2 rings (SSSR count). The van der Waals surface area contributed by atoms with Crippen molar-refractivity contribution in [1.29, 1.82) is 0 Å². The first-order valence-electron chi connectivity index (χ1n) is 3.10. The molecule has 0 aromatic carbocycles. The minimum Gasteiger partial charge on any atom is -0.316 e. The van der Waals surface area contributed by atoms with Crippen LogP contribution in [-0.4, -0.2) is 13.1 Å². The van der Waals surface area contributed by atoms with Crippen LogP contribution in [0.15, 0.2) is 0 Å². The van der Waals surface area contributed by atoms with Crippen LogP contribution in [0.2, 0.25) is 0 Å². The third-order valence-electron chi connectivity index (χ3n) is 2.52. The molecule has 2 aliphatic rings. The van der Waals surface area contributed by atoms with Gasteiger partial charge in [0.2, 0.25) is 0 Å². The van der Waals surface area contributed by atoms with Crippen molar-refractivity contribution in [2.45, 2.75) is 6.92 Å². The van der Waals surface area contributed by atoms with Crippen molar-refractivity contribution in [2.75, 3.05) is 13.1 Å². The van der Waals surface area contributed by atoms with E-state index >= 15 is 0 Å². The van der Waals surface area contributed by atoms with Gasteiger partial charge in [-0.1, -0.05) is 6.92 Å². The first kappa shape index (κ1) is 3.90. The van der Waals surface area contributed by atoms with E-state index in [0.29, 0.717) is 0 Å². The fraction of sp³-hybridized carbons (Fsp3) is 1.00. The van der Waals surface area contributed by atoms with E-state index in [1.54, 1.807) is 0 Å². The Morgan fingerprint density at radius 2 is 1.86 bits per heavy atom. The SMILES string of the molecule is CC1C2CNC[C@H]12. The summed E-state index contributed by atoms with van der Waals surface area (Å²) < 4.78 is 0. The Labute approximate surface area is 44.1 Å². The number of hydrogen-bond donors (Lipinski definition) is 1. The lowest BCUT2D eigenvalue weighted by Gasteiger charge is -1.93. The van der Waals surface area contributed by atoms with Crippen molar-refractivity contribution in [3.8, 4) is 0 Å². The number of nitrogens with one attached hydrogen (secondary N) is 1. The number of piperidine rings is 1. The van der Waals surface area contributed by atoms with E-state index in [0.717, 1.165) is 17.8 Å². The maximum Gasteiger partial charge on any atom is -0.00145 e. The Bertz CT molecular complexity index is 80.2. The van der Waals surface area contributed by atoms with E-state index in [2.05, 4.69) is 12.2 Å². The van der Waals surface area contributed by atoms with Crippen LogP contribution in [0.5, 0.6) is 0 Å². The van der Waals surface area contributed by atoms with E-state index in [1.165, 1.54) is 13.1 Å². The Balaban J connectivity index is 2.06. The van der Waals surface area contributed by atoms with Gasteiger partial charge in [-0.3, -0.25) is 0 Å². The molecule has 1 heterocycles. The van der Waals surface area contributed by atoms with Gasteiger partial charge in [0.15, 0.2) is 0 Å². The maximum absolute atomic E-state index is 3.35. The fourth-order valence-electron chi connectivity index (χ4n) is 1.73. The highest BCUT2D eigenvalue weighted by Gasteiger charge is 2.49. The lowest BCUT2D eigenvalue weighted by Crippen LogP contribution is -2.13. The molecular weight excluding hydrogens is 86.1 g/mol. The molecule has 1 N–H and O–H groups in total. The Kier molecular flexibility index (Phi) is 0.571. The van der Waals surface area contributed by atoms with Crippen molar-refractivity contribution in [1.82, 2.24) is 5.32 Å². The highest BCUT2D eigenvalue weighted by atomic mass is 15.0. The van der Waals surface area contributed by atoms with Gasteiger partial charge in [-0.15, -0.1) is 0 Å². The van der Waals surface area contributed by atoms with Gasteiger partial charge < -0.3 is 5.32 Å². The minimum absolute atomic E-state index is 1.06. The molecule has 1 aliphatic carbocycles. The molecule has 1 saturated carbocycles. The van der Waals surface area contributed by atoms with Crippen molar-refractivity contribution >= 4 is 0 Å². The van der Waals surface area contributed by atoms with Crippen LogP contribution in [0.25, 0.3) is 0 Å². The normalized spacial score (nSPS) is 57.0. The summed E-state index contributed by atoms with van der Waals surface area (Å²) in [7, 11) is 0. The molecule has 1 nitrogen and oxygen atoms in total. The van der Waals surface area contributed by atoms with E-state index in [-0.39, 0.29) is 0 Å². The van der Waals surface area contributed by atoms with Gasteiger partial charge in [-0.2, -0.15) is 0 Å². The summed E-state index contributed by atoms with van der Waals surface area (Å²) in [4.78, 5) is 0. The molecule has 1 saturated heterocycles. The quantitative estimate of drug-likeness (QED) is 0.463. The molecule has 1 heteroatoms. The average molecular weight is 97.2 g/mol. The maximum atomic E-state index is 3.35. The van der Waals surface area contributed by atoms with Crippen molar-refractivity contribution in [3.05, 3.63) is 0 Å². The van der Waals surface area contributed by atoms with Crippen LogP contribution in [0, 0.1) is 17.8 Å². The van der Waals surface area contributed by atoms with E-state index in [1.807, 2.05) is 0 Å². The standard InChI is InChI=1S/C6H11N/c1-4-5-2-7-3-6(4)5/h4-7H,2-3H2,1H3/t4?,5-,6?/m1/s1. The molecule has 0 spiro atoms. The van der Waals surface area contributed by atoms with Crippen molar-refractivity contribution in [3.63, 3.8) is 0 Å². The zero-order chi connectivity index (χ0) is 4.85. The third-order valence-corrected chi connectivity index (χ3v) is 2.52. The van der Waals surface area contributed by atoms with Crippen LogP contribution >= 0.6 is 0 Å². The van der Waals surface area contributed by atoms with Gasteiger partial charge in [0.05, 0.1) is 0 Å². The molecule has 1 aliphatic heterocycles. The summed E-state index contributed by atoms with van der Waals surface area (Å²) >= 11 is 0. The second-order valence-electron chi connectivity index (χ2n) is 2.85. The van der Waals surface area contributed by atoms with Crippen LogP contribution in [0.4, 0.5) is 0 Å². The van der Waals surface area contributed by atoms with Gasteiger partial charge in [0.25, 0.3) is 0 Å². The Hall–Kier alpha value is -0.0400. The summed E-state index contributed by atoms with van der Waals surface area (Å²) in [6.45, 7) is 4.95. The fourth-order valence-corrected chi connectivity index (χ4v) is 1.73. The van der Waals surface area contributed by atoms with Gasteiger partial charge in [0, 0.05) is 0 Å². The smallest absolute Gasteiger partial charge is 0.00145 e. The zero-order valence-electron chi connectivity index (χ0n) is 4.65. The highest BCUT2D eigenvalue weighted by Crippen LogP contribution is 2.47. The molecule has 3 atom stereocenters. The Morgan fingerprint density at radius 1 is 1.29 bits per heavy atom. The van der Waals surface area contributed by atoms with E-state index in [4.69, 9.17) is 0 Å². The molecule has 2 fully saturated rings. The molecule has 0 aromatic heterocycles.